The van der Waals surface area contributed by atoms with Crippen LogP contribution in [-0.2, 0) is 11.3 Å². The molecule has 0 saturated heterocycles. The van der Waals surface area contributed by atoms with Gasteiger partial charge in [0.05, 0.1) is 0 Å². The van der Waals surface area contributed by atoms with Gasteiger partial charge in [0, 0.05) is 6.54 Å². The summed E-state index contributed by atoms with van der Waals surface area (Å²) in [6.07, 6.45) is 2.34. The second-order valence-electron chi connectivity index (χ2n) is 4.10. The molecule has 0 aliphatic heterocycles. The van der Waals surface area contributed by atoms with Gasteiger partial charge in [-0.2, -0.15) is 0 Å². The Hall–Kier alpha value is -1.39. The first-order chi connectivity index (χ1) is 8.20. The molecule has 94 valence electrons. The fraction of sp³-hybridized carbons (Fsp3) is 0.462. The first-order valence-electron chi connectivity index (χ1n) is 5.93. The van der Waals surface area contributed by atoms with Crippen LogP contribution < -0.4 is 11.1 Å². The van der Waals surface area contributed by atoms with Gasteiger partial charge in [-0.1, -0.05) is 36.8 Å². The van der Waals surface area contributed by atoms with E-state index in [0.717, 1.165) is 25.9 Å². The number of nitrogens with one attached hydrogen (secondary N) is 1. The van der Waals surface area contributed by atoms with Crippen LogP contribution in [0.1, 0.15) is 24.8 Å². The number of aliphatic carboxylic acids is 1. The van der Waals surface area contributed by atoms with Crippen LogP contribution in [0.5, 0.6) is 0 Å². The lowest BCUT2D eigenvalue weighted by atomic mass is 10.1. The molecule has 0 saturated carbocycles. The van der Waals surface area contributed by atoms with E-state index >= 15 is 0 Å². The molecular weight excluding hydrogens is 216 g/mol. The van der Waals surface area contributed by atoms with Crippen molar-refractivity contribution in [2.45, 2.75) is 31.8 Å². The third kappa shape index (κ3) is 6.04. The van der Waals surface area contributed by atoms with E-state index in [4.69, 9.17) is 10.8 Å². The summed E-state index contributed by atoms with van der Waals surface area (Å²) in [5, 5.41) is 11.9. The van der Waals surface area contributed by atoms with E-state index < -0.39 is 12.0 Å². The van der Waals surface area contributed by atoms with Crippen molar-refractivity contribution in [3.8, 4) is 0 Å². The number of nitrogens with two attached hydrogens (primary N) is 1. The standard InChI is InChI=1S/C13H20N2O2/c14-12(13(16)17)8-4-5-9-15-10-11-6-2-1-3-7-11/h1-3,6-7,12,15H,4-5,8-10,14H2,(H,16,17)/t12-/m0/s1. The van der Waals surface area contributed by atoms with Gasteiger partial charge in [-0.3, -0.25) is 4.79 Å². The Balaban J connectivity index is 2.00. The lowest BCUT2D eigenvalue weighted by molar-refractivity contribution is -0.138. The molecule has 0 fully saturated rings. The van der Waals surface area contributed by atoms with Gasteiger partial charge in [0.2, 0.25) is 0 Å². The highest BCUT2D eigenvalue weighted by atomic mass is 16.4. The molecule has 1 aromatic carbocycles. The highest BCUT2D eigenvalue weighted by Crippen LogP contribution is 2.00. The van der Waals surface area contributed by atoms with Gasteiger partial charge in [-0.15, -0.1) is 0 Å². The normalized spacial score (nSPS) is 12.3. The summed E-state index contributed by atoms with van der Waals surface area (Å²) in [5.41, 5.74) is 6.66. The summed E-state index contributed by atoms with van der Waals surface area (Å²) >= 11 is 0. The van der Waals surface area contributed by atoms with Crippen LogP contribution in [0.2, 0.25) is 0 Å². The summed E-state index contributed by atoms with van der Waals surface area (Å²) < 4.78 is 0. The average Bonchev–Trinajstić information content (AvgIpc) is 2.34. The number of carboxylic acid groups (broad SMARTS) is 1. The summed E-state index contributed by atoms with van der Waals surface area (Å²) in [6, 6.07) is 9.47. The second kappa shape index (κ2) is 7.81. The first-order valence-corrected chi connectivity index (χ1v) is 5.93. The van der Waals surface area contributed by atoms with E-state index in [0.29, 0.717) is 6.42 Å². The van der Waals surface area contributed by atoms with Crippen LogP contribution in [0.3, 0.4) is 0 Å². The van der Waals surface area contributed by atoms with E-state index in [2.05, 4.69) is 17.4 Å². The maximum atomic E-state index is 10.5. The van der Waals surface area contributed by atoms with E-state index in [1.807, 2.05) is 18.2 Å². The molecule has 0 heterocycles. The molecule has 0 bridgehead atoms. The zero-order valence-electron chi connectivity index (χ0n) is 9.93. The molecule has 0 radical (unpaired) electrons. The summed E-state index contributed by atoms with van der Waals surface area (Å²) in [5.74, 6) is -0.915. The third-order valence-corrected chi connectivity index (χ3v) is 2.61. The number of rotatable bonds is 8. The number of benzene rings is 1. The topological polar surface area (TPSA) is 75.3 Å². The molecule has 4 nitrogen and oxygen atoms in total. The molecule has 4 N–H and O–H groups in total. The van der Waals surface area contributed by atoms with E-state index in [-0.39, 0.29) is 0 Å². The van der Waals surface area contributed by atoms with E-state index in [9.17, 15) is 4.79 Å². The summed E-state index contributed by atoms with van der Waals surface area (Å²) in [7, 11) is 0. The van der Waals surface area contributed by atoms with Crippen LogP contribution in [-0.4, -0.2) is 23.7 Å². The Morgan fingerprint density at radius 1 is 1.29 bits per heavy atom. The van der Waals surface area contributed by atoms with Gasteiger partial charge in [-0.25, -0.2) is 0 Å². The van der Waals surface area contributed by atoms with Crippen molar-refractivity contribution in [2.24, 2.45) is 5.73 Å². The van der Waals surface area contributed by atoms with Crippen molar-refractivity contribution in [1.29, 1.82) is 0 Å². The van der Waals surface area contributed by atoms with Crippen LogP contribution in [0.15, 0.2) is 30.3 Å². The minimum Gasteiger partial charge on any atom is -0.480 e. The highest BCUT2D eigenvalue weighted by Gasteiger charge is 2.09. The maximum Gasteiger partial charge on any atom is 0.320 e. The fourth-order valence-electron chi connectivity index (χ4n) is 1.57. The van der Waals surface area contributed by atoms with Crippen molar-refractivity contribution in [1.82, 2.24) is 5.32 Å². The van der Waals surface area contributed by atoms with E-state index in [1.54, 1.807) is 0 Å². The van der Waals surface area contributed by atoms with E-state index in [1.165, 1.54) is 5.56 Å². The Morgan fingerprint density at radius 3 is 2.65 bits per heavy atom. The maximum absolute atomic E-state index is 10.5. The van der Waals surface area contributed by atoms with Crippen molar-refractivity contribution in [3.05, 3.63) is 35.9 Å². The Kier molecular flexibility index (Phi) is 6.29. The lowest BCUT2D eigenvalue weighted by Gasteiger charge is -2.07. The van der Waals surface area contributed by atoms with Gasteiger partial charge in [-0.05, 0) is 24.9 Å². The van der Waals surface area contributed by atoms with Crippen LogP contribution in [0.25, 0.3) is 0 Å². The Morgan fingerprint density at radius 2 is 2.00 bits per heavy atom. The van der Waals surface area contributed by atoms with Crippen LogP contribution in [0, 0.1) is 0 Å². The Labute approximate surface area is 102 Å². The lowest BCUT2D eigenvalue weighted by Crippen LogP contribution is -2.30. The molecule has 0 unspecified atom stereocenters. The van der Waals surface area contributed by atoms with Gasteiger partial charge in [0.1, 0.15) is 6.04 Å². The number of hydrogen-bond acceptors (Lipinski definition) is 3. The fourth-order valence-corrected chi connectivity index (χ4v) is 1.57. The Bertz CT molecular complexity index is 327. The predicted octanol–water partition coefficient (Wildman–Crippen LogP) is 1.36. The van der Waals surface area contributed by atoms with Gasteiger partial charge in [0.25, 0.3) is 0 Å². The zero-order chi connectivity index (χ0) is 12.5. The monoisotopic (exact) mass is 236 g/mol. The van der Waals surface area contributed by atoms with Crippen LogP contribution >= 0.6 is 0 Å². The van der Waals surface area contributed by atoms with Crippen molar-refractivity contribution in [2.75, 3.05) is 6.54 Å². The molecule has 0 aliphatic carbocycles. The van der Waals surface area contributed by atoms with Crippen molar-refractivity contribution in [3.63, 3.8) is 0 Å². The van der Waals surface area contributed by atoms with Crippen molar-refractivity contribution < 1.29 is 9.90 Å². The molecule has 0 spiro atoms. The zero-order valence-corrected chi connectivity index (χ0v) is 9.93. The summed E-state index contributed by atoms with van der Waals surface area (Å²) in [4.78, 5) is 10.5. The molecule has 4 heteroatoms. The number of unbranched alkanes of at least 4 members (excludes halogenated alkanes) is 1. The smallest absolute Gasteiger partial charge is 0.320 e. The third-order valence-electron chi connectivity index (χ3n) is 2.61. The number of hydrogen-bond donors (Lipinski definition) is 3. The van der Waals surface area contributed by atoms with Gasteiger partial charge < -0.3 is 16.2 Å². The van der Waals surface area contributed by atoms with Gasteiger partial charge in [0.15, 0.2) is 0 Å². The largest absolute Gasteiger partial charge is 0.480 e. The molecule has 1 rings (SSSR count). The predicted molar refractivity (Wildman–Crippen MR) is 67.6 cm³/mol. The minimum absolute atomic E-state index is 0.544. The minimum atomic E-state index is -0.915. The molecule has 0 aromatic heterocycles. The molecule has 0 aliphatic rings. The summed E-state index contributed by atoms with van der Waals surface area (Å²) in [6.45, 7) is 1.74. The highest BCUT2D eigenvalue weighted by molar-refractivity contribution is 5.72. The van der Waals surface area contributed by atoms with Crippen LogP contribution in [0.4, 0.5) is 0 Å². The SMILES string of the molecule is N[C@@H](CCCCNCc1ccccc1)C(=O)O. The number of carbonyl (C=O) groups is 1. The molecule has 1 aromatic rings. The molecule has 17 heavy (non-hydrogen) atoms. The molecule has 0 amide bonds. The van der Waals surface area contributed by atoms with Crippen molar-refractivity contribution >= 4 is 5.97 Å². The molecule has 1 atom stereocenters. The second-order valence-corrected chi connectivity index (χ2v) is 4.10. The first kappa shape index (κ1) is 13.7. The quantitative estimate of drug-likeness (QED) is 0.596. The average molecular weight is 236 g/mol. The number of carboxylic acids is 1. The van der Waals surface area contributed by atoms with Gasteiger partial charge >= 0.3 is 5.97 Å². The molecular formula is C13H20N2O2.